The average molecular weight is 361 g/mol. The van der Waals surface area contributed by atoms with Gasteiger partial charge in [-0.2, -0.15) is 0 Å². The molecule has 2 aromatic rings. The number of aryl methyl sites for hydroxylation is 1. The summed E-state index contributed by atoms with van der Waals surface area (Å²) in [5, 5.41) is 11.1. The van der Waals surface area contributed by atoms with Crippen LogP contribution >= 0.6 is 15.9 Å². The van der Waals surface area contributed by atoms with E-state index in [0.29, 0.717) is 5.69 Å². The number of nitrogens with one attached hydrogen (secondary N) is 1. The van der Waals surface area contributed by atoms with Crippen LogP contribution in [0, 0.1) is 6.92 Å². The smallest absolute Gasteiger partial charge is 0.276 e. The van der Waals surface area contributed by atoms with E-state index in [9.17, 15) is 4.79 Å². The largest absolute Gasteiger partial charge is 0.355 e. The maximum atomic E-state index is 12.2. The molecule has 0 aliphatic carbocycles. The molecular formula is C16H17BrN4O. The highest BCUT2D eigenvalue weighted by Crippen LogP contribution is 2.24. The highest BCUT2D eigenvalue weighted by Gasteiger charge is 2.15. The Balaban J connectivity index is 1.71. The van der Waals surface area contributed by atoms with Gasteiger partial charge in [0.1, 0.15) is 0 Å². The fourth-order valence-corrected chi connectivity index (χ4v) is 3.06. The number of nitrogens with zero attached hydrogens (tertiary/aromatic N) is 3. The molecule has 1 fully saturated rings. The van der Waals surface area contributed by atoms with Gasteiger partial charge < -0.3 is 10.2 Å². The maximum absolute atomic E-state index is 12.2. The molecule has 0 bridgehead atoms. The van der Waals surface area contributed by atoms with Gasteiger partial charge in [-0.25, -0.2) is 0 Å². The van der Waals surface area contributed by atoms with E-state index < -0.39 is 0 Å². The molecule has 1 N–H and O–H groups in total. The molecule has 0 unspecified atom stereocenters. The van der Waals surface area contributed by atoms with Gasteiger partial charge in [0.2, 0.25) is 0 Å². The number of anilines is 2. The molecule has 0 atom stereocenters. The maximum Gasteiger partial charge on any atom is 0.276 e. The molecule has 22 heavy (non-hydrogen) atoms. The zero-order valence-electron chi connectivity index (χ0n) is 12.3. The molecule has 1 aromatic carbocycles. The minimum atomic E-state index is -0.259. The van der Waals surface area contributed by atoms with E-state index in [1.54, 1.807) is 6.07 Å². The Morgan fingerprint density at radius 2 is 1.95 bits per heavy atom. The molecular weight excluding hydrogens is 344 g/mol. The van der Waals surface area contributed by atoms with Gasteiger partial charge >= 0.3 is 0 Å². The van der Waals surface area contributed by atoms with Gasteiger partial charge in [0, 0.05) is 17.6 Å². The number of carbonyl (C=O) groups excluding carboxylic acids is 1. The lowest BCUT2D eigenvalue weighted by Gasteiger charge is -2.15. The van der Waals surface area contributed by atoms with Gasteiger partial charge in [-0.15, -0.1) is 10.2 Å². The molecule has 0 radical (unpaired) electrons. The molecule has 0 spiro atoms. The minimum absolute atomic E-state index is 0.259. The van der Waals surface area contributed by atoms with Gasteiger partial charge in [-0.3, -0.25) is 4.79 Å². The molecule has 114 valence electrons. The summed E-state index contributed by atoms with van der Waals surface area (Å²) in [5.41, 5.74) is 2.16. The SMILES string of the molecule is Cc1ccc(NC(=O)c2ccc(N3CCCC3)nn2)c(Br)c1. The number of rotatable bonds is 3. The molecule has 1 aliphatic rings. The normalized spacial score (nSPS) is 14.2. The van der Waals surface area contributed by atoms with Crippen LogP contribution in [0.15, 0.2) is 34.8 Å². The van der Waals surface area contributed by atoms with Crippen molar-refractivity contribution in [3.63, 3.8) is 0 Å². The van der Waals surface area contributed by atoms with Gasteiger partial charge in [-0.05, 0) is 65.5 Å². The fourth-order valence-electron chi connectivity index (χ4n) is 2.47. The minimum Gasteiger partial charge on any atom is -0.355 e. The third-order valence-electron chi connectivity index (χ3n) is 3.69. The van der Waals surface area contributed by atoms with Crippen molar-refractivity contribution < 1.29 is 4.79 Å². The van der Waals surface area contributed by atoms with Crippen molar-refractivity contribution >= 4 is 33.3 Å². The number of aromatic nitrogens is 2. The first-order chi connectivity index (χ1) is 10.6. The number of hydrogen-bond acceptors (Lipinski definition) is 4. The van der Waals surface area contributed by atoms with E-state index >= 15 is 0 Å². The molecule has 1 aromatic heterocycles. The zero-order chi connectivity index (χ0) is 15.5. The van der Waals surface area contributed by atoms with E-state index in [1.165, 1.54) is 12.8 Å². The van der Waals surface area contributed by atoms with Crippen molar-refractivity contribution in [2.24, 2.45) is 0 Å². The molecule has 1 amide bonds. The second-order valence-corrected chi connectivity index (χ2v) is 6.26. The number of carbonyl (C=O) groups is 1. The standard InChI is InChI=1S/C16H17BrN4O/c1-11-4-5-13(12(17)10-11)18-16(22)14-6-7-15(20-19-14)21-8-2-3-9-21/h4-7,10H,2-3,8-9H2,1H3,(H,18,22). The molecule has 0 saturated carbocycles. The third-order valence-corrected chi connectivity index (χ3v) is 4.34. The third kappa shape index (κ3) is 3.27. The Morgan fingerprint density at radius 1 is 1.18 bits per heavy atom. The second-order valence-electron chi connectivity index (χ2n) is 5.41. The van der Waals surface area contributed by atoms with Crippen LogP contribution in [0.4, 0.5) is 11.5 Å². The summed E-state index contributed by atoms with van der Waals surface area (Å²) in [6.07, 6.45) is 2.37. The van der Waals surface area contributed by atoms with Crippen LogP contribution in [-0.4, -0.2) is 29.2 Å². The van der Waals surface area contributed by atoms with Crippen LogP contribution in [0.1, 0.15) is 28.9 Å². The lowest BCUT2D eigenvalue weighted by Crippen LogP contribution is -2.21. The Kier molecular flexibility index (Phi) is 4.38. The molecule has 5 nitrogen and oxygen atoms in total. The molecule has 2 heterocycles. The van der Waals surface area contributed by atoms with Crippen LogP contribution in [-0.2, 0) is 0 Å². The predicted octanol–water partition coefficient (Wildman–Crippen LogP) is 3.40. The summed E-state index contributed by atoms with van der Waals surface area (Å²) in [7, 11) is 0. The van der Waals surface area contributed by atoms with Crippen molar-refractivity contribution in [3.05, 3.63) is 46.1 Å². The molecule has 1 aliphatic heterocycles. The van der Waals surface area contributed by atoms with Crippen LogP contribution in [0.25, 0.3) is 0 Å². The van der Waals surface area contributed by atoms with Crippen molar-refractivity contribution in [1.82, 2.24) is 10.2 Å². The zero-order valence-corrected chi connectivity index (χ0v) is 13.9. The van der Waals surface area contributed by atoms with Gasteiger partial charge in [0.25, 0.3) is 5.91 Å². The summed E-state index contributed by atoms with van der Waals surface area (Å²) in [5.74, 6) is 0.579. The summed E-state index contributed by atoms with van der Waals surface area (Å²) in [4.78, 5) is 14.4. The first-order valence-electron chi connectivity index (χ1n) is 7.30. The number of hydrogen-bond donors (Lipinski definition) is 1. The summed E-state index contributed by atoms with van der Waals surface area (Å²) in [6.45, 7) is 4.02. The molecule has 1 saturated heterocycles. The highest BCUT2D eigenvalue weighted by atomic mass is 79.9. The van der Waals surface area contributed by atoms with E-state index in [0.717, 1.165) is 34.6 Å². The quantitative estimate of drug-likeness (QED) is 0.911. The number of benzene rings is 1. The van der Waals surface area contributed by atoms with Gasteiger partial charge in [-0.1, -0.05) is 6.07 Å². The Labute approximate surface area is 137 Å². The predicted molar refractivity (Wildman–Crippen MR) is 90.3 cm³/mol. The summed E-state index contributed by atoms with van der Waals surface area (Å²) >= 11 is 3.45. The lowest BCUT2D eigenvalue weighted by molar-refractivity contribution is 0.102. The van der Waals surface area contributed by atoms with E-state index in [2.05, 4.69) is 36.3 Å². The lowest BCUT2D eigenvalue weighted by atomic mass is 10.2. The van der Waals surface area contributed by atoms with Crippen molar-refractivity contribution in [3.8, 4) is 0 Å². The number of halogens is 1. The number of amides is 1. The second kappa shape index (κ2) is 6.44. The monoisotopic (exact) mass is 360 g/mol. The fraction of sp³-hybridized carbons (Fsp3) is 0.312. The summed E-state index contributed by atoms with van der Waals surface area (Å²) in [6, 6.07) is 9.35. The van der Waals surface area contributed by atoms with Crippen LogP contribution in [0.3, 0.4) is 0 Å². The van der Waals surface area contributed by atoms with Gasteiger partial charge in [0.05, 0.1) is 5.69 Å². The van der Waals surface area contributed by atoms with E-state index in [-0.39, 0.29) is 5.91 Å². The molecule has 3 rings (SSSR count). The topological polar surface area (TPSA) is 58.1 Å². The van der Waals surface area contributed by atoms with Crippen LogP contribution in [0.2, 0.25) is 0 Å². The molecule has 6 heteroatoms. The Morgan fingerprint density at radius 3 is 2.59 bits per heavy atom. The highest BCUT2D eigenvalue weighted by molar-refractivity contribution is 9.10. The summed E-state index contributed by atoms with van der Waals surface area (Å²) < 4.78 is 0.850. The first kappa shape index (κ1) is 15.0. The van der Waals surface area contributed by atoms with Gasteiger partial charge in [0.15, 0.2) is 11.5 Å². The Hall–Kier alpha value is -1.95. The van der Waals surface area contributed by atoms with Crippen LogP contribution < -0.4 is 10.2 Å². The van der Waals surface area contributed by atoms with Crippen molar-refractivity contribution in [2.75, 3.05) is 23.3 Å². The Bertz CT molecular complexity index is 681. The van der Waals surface area contributed by atoms with E-state index in [1.807, 2.05) is 31.2 Å². The van der Waals surface area contributed by atoms with Crippen molar-refractivity contribution in [1.29, 1.82) is 0 Å². The van der Waals surface area contributed by atoms with Crippen LogP contribution in [0.5, 0.6) is 0 Å². The first-order valence-corrected chi connectivity index (χ1v) is 8.09. The van der Waals surface area contributed by atoms with Crippen molar-refractivity contribution in [2.45, 2.75) is 19.8 Å². The van der Waals surface area contributed by atoms with E-state index in [4.69, 9.17) is 0 Å². The average Bonchev–Trinajstić information content (AvgIpc) is 3.04.